The van der Waals surface area contributed by atoms with E-state index in [2.05, 4.69) is 47.3 Å². The SMILES string of the molecule is c1cnc(Nc2cc([C@@H]3CCCN3Cc3cnc[nH]3)ccn2)cn1. The highest BCUT2D eigenvalue weighted by molar-refractivity contribution is 5.51. The number of imidazole rings is 1. The summed E-state index contributed by atoms with van der Waals surface area (Å²) in [6.45, 7) is 1.98. The van der Waals surface area contributed by atoms with E-state index in [4.69, 9.17) is 0 Å². The van der Waals surface area contributed by atoms with Gasteiger partial charge in [-0.1, -0.05) is 0 Å². The summed E-state index contributed by atoms with van der Waals surface area (Å²) in [5, 5.41) is 3.21. The molecule has 4 rings (SSSR count). The van der Waals surface area contributed by atoms with Crippen LogP contribution in [0, 0.1) is 0 Å². The first-order chi connectivity index (χ1) is 11.9. The van der Waals surface area contributed by atoms with E-state index in [1.54, 1.807) is 24.9 Å². The molecule has 0 spiro atoms. The highest BCUT2D eigenvalue weighted by Crippen LogP contribution is 2.33. The van der Waals surface area contributed by atoms with Crippen LogP contribution in [0.3, 0.4) is 0 Å². The first-order valence-electron chi connectivity index (χ1n) is 8.09. The van der Waals surface area contributed by atoms with Gasteiger partial charge in [-0.15, -0.1) is 0 Å². The maximum atomic E-state index is 4.39. The number of nitrogens with zero attached hydrogens (tertiary/aromatic N) is 5. The minimum atomic E-state index is 0.402. The Labute approximate surface area is 140 Å². The van der Waals surface area contributed by atoms with Crippen molar-refractivity contribution in [3.05, 3.63) is 60.7 Å². The number of rotatable bonds is 5. The number of hydrogen-bond donors (Lipinski definition) is 2. The van der Waals surface area contributed by atoms with Gasteiger partial charge in [-0.3, -0.25) is 9.88 Å². The Kier molecular flexibility index (Phi) is 4.16. The van der Waals surface area contributed by atoms with Crippen molar-refractivity contribution in [3.8, 4) is 0 Å². The first-order valence-corrected chi connectivity index (χ1v) is 8.09. The van der Waals surface area contributed by atoms with Gasteiger partial charge in [0.05, 0.1) is 12.5 Å². The molecule has 122 valence electrons. The fraction of sp³-hybridized carbons (Fsp3) is 0.294. The van der Waals surface area contributed by atoms with Crippen molar-refractivity contribution in [1.82, 2.24) is 29.8 Å². The molecule has 7 heteroatoms. The molecule has 0 saturated carbocycles. The Morgan fingerprint density at radius 2 is 2.08 bits per heavy atom. The van der Waals surface area contributed by atoms with E-state index >= 15 is 0 Å². The van der Waals surface area contributed by atoms with Gasteiger partial charge in [-0.2, -0.15) is 0 Å². The Balaban J connectivity index is 1.51. The minimum Gasteiger partial charge on any atom is -0.347 e. The van der Waals surface area contributed by atoms with Gasteiger partial charge >= 0.3 is 0 Å². The third kappa shape index (κ3) is 3.26. The lowest BCUT2D eigenvalue weighted by Crippen LogP contribution is -2.23. The molecule has 0 aromatic carbocycles. The number of aromatic amines is 1. The summed E-state index contributed by atoms with van der Waals surface area (Å²) in [7, 11) is 0. The molecular weight excluding hydrogens is 302 g/mol. The lowest BCUT2D eigenvalue weighted by Gasteiger charge is -2.24. The number of nitrogens with one attached hydrogen (secondary N) is 2. The molecule has 1 saturated heterocycles. The molecule has 3 aromatic heterocycles. The van der Waals surface area contributed by atoms with Crippen LogP contribution in [0.5, 0.6) is 0 Å². The lowest BCUT2D eigenvalue weighted by atomic mass is 10.1. The zero-order chi connectivity index (χ0) is 16.2. The van der Waals surface area contributed by atoms with Crippen LogP contribution in [-0.4, -0.2) is 36.4 Å². The van der Waals surface area contributed by atoms with Crippen molar-refractivity contribution in [3.63, 3.8) is 0 Å². The second-order valence-corrected chi connectivity index (χ2v) is 5.90. The third-order valence-corrected chi connectivity index (χ3v) is 4.28. The number of anilines is 2. The number of likely N-dealkylation sites (tertiary alicyclic amines) is 1. The topological polar surface area (TPSA) is 82.6 Å². The van der Waals surface area contributed by atoms with Gasteiger partial charge in [-0.25, -0.2) is 15.0 Å². The van der Waals surface area contributed by atoms with Gasteiger partial charge in [0.15, 0.2) is 0 Å². The summed E-state index contributed by atoms with van der Waals surface area (Å²) in [6.07, 6.45) is 12.8. The number of pyridine rings is 1. The van der Waals surface area contributed by atoms with Crippen molar-refractivity contribution in [1.29, 1.82) is 0 Å². The summed E-state index contributed by atoms with van der Waals surface area (Å²) >= 11 is 0. The minimum absolute atomic E-state index is 0.402. The van der Waals surface area contributed by atoms with E-state index in [0.29, 0.717) is 11.9 Å². The fourth-order valence-corrected chi connectivity index (χ4v) is 3.20. The molecular formula is C17H19N7. The average molecular weight is 321 g/mol. The zero-order valence-corrected chi connectivity index (χ0v) is 13.3. The highest BCUT2D eigenvalue weighted by atomic mass is 15.2. The van der Waals surface area contributed by atoms with Gasteiger partial charge in [-0.05, 0) is 37.1 Å². The predicted molar refractivity (Wildman–Crippen MR) is 90.5 cm³/mol. The van der Waals surface area contributed by atoms with Crippen LogP contribution in [0.15, 0.2) is 49.4 Å². The van der Waals surface area contributed by atoms with Crippen molar-refractivity contribution in [2.45, 2.75) is 25.4 Å². The molecule has 0 radical (unpaired) electrons. The molecule has 3 aromatic rings. The van der Waals surface area contributed by atoms with Gasteiger partial charge in [0.1, 0.15) is 11.6 Å². The van der Waals surface area contributed by atoms with Crippen LogP contribution in [0.25, 0.3) is 0 Å². The first kappa shape index (κ1) is 14.8. The fourth-order valence-electron chi connectivity index (χ4n) is 3.20. The molecule has 1 fully saturated rings. The van der Waals surface area contributed by atoms with E-state index in [9.17, 15) is 0 Å². The summed E-state index contributed by atoms with van der Waals surface area (Å²) in [5.41, 5.74) is 2.42. The van der Waals surface area contributed by atoms with Gasteiger partial charge in [0, 0.05) is 43.1 Å². The molecule has 4 heterocycles. The van der Waals surface area contributed by atoms with E-state index in [-0.39, 0.29) is 0 Å². The number of H-pyrrole nitrogens is 1. The van der Waals surface area contributed by atoms with Gasteiger partial charge < -0.3 is 10.3 Å². The Morgan fingerprint density at radius 1 is 1.12 bits per heavy atom. The lowest BCUT2D eigenvalue weighted by molar-refractivity contribution is 0.246. The smallest absolute Gasteiger partial charge is 0.150 e. The largest absolute Gasteiger partial charge is 0.347 e. The predicted octanol–water partition coefficient (Wildman–Crippen LogP) is 2.68. The second kappa shape index (κ2) is 6.76. The second-order valence-electron chi connectivity index (χ2n) is 5.90. The molecule has 1 atom stereocenters. The Bertz CT molecular complexity index is 773. The Morgan fingerprint density at radius 3 is 2.92 bits per heavy atom. The van der Waals surface area contributed by atoms with Gasteiger partial charge in [0.2, 0.25) is 0 Å². The number of hydrogen-bond acceptors (Lipinski definition) is 6. The van der Waals surface area contributed by atoms with Crippen molar-refractivity contribution >= 4 is 11.6 Å². The quantitative estimate of drug-likeness (QED) is 0.752. The molecule has 1 aliphatic heterocycles. The number of aromatic nitrogens is 5. The van der Waals surface area contributed by atoms with Crippen molar-refractivity contribution < 1.29 is 0 Å². The molecule has 0 aliphatic carbocycles. The van der Waals surface area contributed by atoms with Crippen molar-refractivity contribution in [2.75, 3.05) is 11.9 Å². The third-order valence-electron chi connectivity index (χ3n) is 4.28. The van der Waals surface area contributed by atoms with E-state index < -0.39 is 0 Å². The van der Waals surface area contributed by atoms with E-state index in [1.165, 1.54) is 12.0 Å². The molecule has 0 bridgehead atoms. The summed E-state index contributed by atoms with van der Waals surface area (Å²) in [4.78, 5) is 22.5. The van der Waals surface area contributed by atoms with Crippen LogP contribution in [-0.2, 0) is 6.54 Å². The van der Waals surface area contributed by atoms with Crippen LogP contribution < -0.4 is 5.32 Å². The zero-order valence-electron chi connectivity index (χ0n) is 13.3. The normalized spacial score (nSPS) is 17.9. The summed E-state index contributed by atoms with van der Waals surface area (Å²) in [5.74, 6) is 1.49. The van der Waals surface area contributed by atoms with Crippen molar-refractivity contribution in [2.24, 2.45) is 0 Å². The van der Waals surface area contributed by atoms with E-state index in [1.807, 2.05) is 12.4 Å². The average Bonchev–Trinajstić information content (AvgIpc) is 3.28. The summed E-state index contributed by atoms with van der Waals surface area (Å²) < 4.78 is 0. The molecule has 0 amide bonds. The Hall–Kier alpha value is -2.80. The van der Waals surface area contributed by atoms with Crippen LogP contribution >= 0.6 is 0 Å². The maximum Gasteiger partial charge on any atom is 0.150 e. The molecule has 7 nitrogen and oxygen atoms in total. The monoisotopic (exact) mass is 321 g/mol. The van der Waals surface area contributed by atoms with E-state index in [0.717, 1.165) is 31.0 Å². The summed E-state index contributed by atoms with van der Waals surface area (Å²) in [6, 6.07) is 4.60. The molecule has 0 unspecified atom stereocenters. The molecule has 2 N–H and O–H groups in total. The standard InChI is InChI=1S/C17H19N7/c1-2-15(24(7-1)11-14-9-19-12-22-14)13-3-4-20-16(8-13)23-17-10-18-5-6-21-17/h3-6,8-10,12,15H,1-2,7,11H2,(H,19,22)(H,20,21,23)/t15-/m0/s1. The maximum absolute atomic E-state index is 4.39. The molecule has 1 aliphatic rings. The van der Waals surface area contributed by atoms with Crippen LogP contribution in [0.2, 0.25) is 0 Å². The highest BCUT2D eigenvalue weighted by Gasteiger charge is 2.26. The van der Waals surface area contributed by atoms with Crippen LogP contribution in [0.1, 0.15) is 30.1 Å². The molecule has 24 heavy (non-hydrogen) atoms. The van der Waals surface area contributed by atoms with Crippen LogP contribution in [0.4, 0.5) is 11.6 Å². The van der Waals surface area contributed by atoms with Gasteiger partial charge in [0.25, 0.3) is 0 Å².